The van der Waals surface area contributed by atoms with Gasteiger partial charge in [0.1, 0.15) is 6.07 Å². The third kappa shape index (κ3) is 1.68. The quantitative estimate of drug-likeness (QED) is 0.765. The first-order valence-electron chi connectivity index (χ1n) is 6.20. The van der Waals surface area contributed by atoms with Crippen LogP contribution < -0.4 is 4.90 Å². The molecule has 1 saturated heterocycles. The lowest BCUT2D eigenvalue weighted by Gasteiger charge is -2.20. The summed E-state index contributed by atoms with van der Waals surface area (Å²) in [7, 11) is 0. The molecular formula is C14H14N4. The monoisotopic (exact) mass is 238 g/mol. The molecule has 18 heavy (non-hydrogen) atoms. The SMILES string of the molecule is CC1CCN(c2c(C#N)nnc3ccccc23)C1. The Balaban J connectivity index is 2.21. The topological polar surface area (TPSA) is 52.8 Å². The fourth-order valence-corrected chi connectivity index (χ4v) is 2.57. The van der Waals surface area contributed by atoms with Gasteiger partial charge in [-0.3, -0.25) is 0 Å². The fourth-order valence-electron chi connectivity index (χ4n) is 2.57. The number of nitrogens with zero attached hydrogens (tertiary/aromatic N) is 4. The van der Waals surface area contributed by atoms with Crippen LogP contribution in [0.3, 0.4) is 0 Å². The zero-order valence-electron chi connectivity index (χ0n) is 10.3. The highest BCUT2D eigenvalue weighted by Crippen LogP contribution is 2.31. The van der Waals surface area contributed by atoms with E-state index in [-0.39, 0.29) is 0 Å². The van der Waals surface area contributed by atoms with Gasteiger partial charge in [0, 0.05) is 18.5 Å². The predicted molar refractivity (Wildman–Crippen MR) is 70.2 cm³/mol. The van der Waals surface area contributed by atoms with Crippen LogP contribution in [0.1, 0.15) is 19.0 Å². The van der Waals surface area contributed by atoms with E-state index in [4.69, 9.17) is 0 Å². The van der Waals surface area contributed by atoms with E-state index in [2.05, 4.69) is 28.1 Å². The second kappa shape index (κ2) is 4.26. The summed E-state index contributed by atoms with van der Waals surface area (Å²) in [6.07, 6.45) is 1.17. The van der Waals surface area contributed by atoms with E-state index in [1.165, 1.54) is 6.42 Å². The second-order valence-electron chi connectivity index (χ2n) is 4.87. The zero-order chi connectivity index (χ0) is 12.5. The van der Waals surface area contributed by atoms with Crippen molar-refractivity contribution in [2.75, 3.05) is 18.0 Å². The highest BCUT2D eigenvalue weighted by Gasteiger charge is 2.24. The molecule has 0 spiro atoms. The molecule has 1 aromatic carbocycles. The van der Waals surface area contributed by atoms with Crippen LogP contribution in [-0.4, -0.2) is 23.3 Å². The summed E-state index contributed by atoms with van der Waals surface area (Å²) in [5, 5.41) is 18.4. The van der Waals surface area contributed by atoms with E-state index in [1.807, 2.05) is 24.3 Å². The molecule has 1 atom stereocenters. The Kier molecular flexibility index (Phi) is 2.60. The number of aromatic nitrogens is 2. The number of hydrogen-bond acceptors (Lipinski definition) is 4. The van der Waals surface area contributed by atoms with E-state index in [9.17, 15) is 5.26 Å². The molecule has 1 fully saturated rings. The first kappa shape index (κ1) is 11.0. The van der Waals surface area contributed by atoms with Gasteiger partial charge >= 0.3 is 0 Å². The van der Waals surface area contributed by atoms with Gasteiger partial charge in [-0.25, -0.2) is 0 Å². The van der Waals surface area contributed by atoms with Gasteiger partial charge < -0.3 is 4.90 Å². The molecule has 4 nitrogen and oxygen atoms in total. The second-order valence-corrected chi connectivity index (χ2v) is 4.87. The Hall–Kier alpha value is -2.15. The standard InChI is InChI=1S/C14H14N4/c1-10-6-7-18(9-10)14-11-4-2-3-5-12(11)16-17-13(14)8-15/h2-5,10H,6-7,9H2,1H3. The first-order chi connectivity index (χ1) is 8.79. The number of nitriles is 1. The Bertz CT molecular complexity index is 629. The number of anilines is 1. The van der Waals surface area contributed by atoms with Crippen molar-refractivity contribution in [3.63, 3.8) is 0 Å². The molecule has 0 radical (unpaired) electrons. The van der Waals surface area contributed by atoms with Gasteiger partial charge in [0.2, 0.25) is 0 Å². The molecule has 1 aliphatic heterocycles. The third-order valence-electron chi connectivity index (χ3n) is 3.49. The molecule has 2 aromatic rings. The average molecular weight is 238 g/mol. The van der Waals surface area contributed by atoms with Gasteiger partial charge in [0.15, 0.2) is 5.69 Å². The van der Waals surface area contributed by atoms with Crippen molar-refractivity contribution >= 4 is 16.6 Å². The average Bonchev–Trinajstić information content (AvgIpc) is 2.83. The van der Waals surface area contributed by atoms with Crippen LogP contribution in [0.2, 0.25) is 0 Å². The van der Waals surface area contributed by atoms with Crippen LogP contribution in [0.4, 0.5) is 5.69 Å². The minimum absolute atomic E-state index is 0.433. The fraction of sp³-hybridized carbons (Fsp3) is 0.357. The Morgan fingerprint density at radius 1 is 1.33 bits per heavy atom. The number of hydrogen-bond donors (Lipinski definition) is 0. The van der Waals surface area contributed by atoms with Crippen LogP contribution >= 0.6 is 0 Å². The molecule has 1 aliphatic rings. The molecule has 3 rings (SSSR count). The number of rotatable bonds is 1. The third-order valence-corrected chi connectivity index (χ3v) is 3.49. The summed E-state index contributed by atoms with van der Waals surface area (Å²) in [4.78, 5) is 2.26. The number of fused-ring (bicyclic) bond motifs is 1. The smallest absolute Gasteiger partial charge is 0.187 e. The molecule has 4 heteroatoms. The minimum Gasteiger partial charge on any atom is -0.368 e. The van der Waals surface area contributed by atoms with Crippen molar-refractivity contribution in [3.8, 4) is 6.07 Å². The van der Waals surface area contributed by atoms with Gasteiger partial charge in [-0.1, -0.05) is 25.1 Å². The van der Waals surface area contributed by atoms with Crippen LogP contribution in [0.15, 0.2) is 24.3 Å². The molecular weight excluding hydrogens is 224 g/mol. The number of benzene rings is 1. The van der Waals surface area contributed by atoms with Gasteiger partial charge in [-0.2, -0.15) is 5.26 Å². The Labute approximate surface area is 106 Å². The molecule has 0 amide bonds. The van der Waals surface area contributed by atoms with Crippen molar-refractivity contribution in [3.05, 3.63) is 30.0 Å². The Morgan fingerprint density at radius 3 is 2.89 bits per heavy atom. The van der Waals surface area contributed by atoms with E-state index in [0.717, 1.165) is 29.7 Å². The maximum Gasteiger partial charge on any atom is 0.187 e. The summed E-state index contributed by atoms with van der Waals surface area (Å²) in [5.74, 6) is 0.670. The summed E-state index contributed by atoms with van der Waals surface area (Å²) >= 11 is 0. The van der Waals surface area contributed by atoms with Gasteiger partial charge in [-0.05, 0) is 18.4 Å². The molecule has 0 bridgehead atoms. The van der Waals surface area contributed by atoms with Crippen LogP contribution in [0.5, 0.6) is 0 Å². The molecule has 1 unspecified atom stereocenters. The van der Waals surface area contributed by atoms with E-state index < -0.39 is 0 Å². The highest BCUT2D eigenvalue weighted by molar-refractivity contribution is 5.93. The normalized spacial score (nSPS) is 19.1. The molecule has 0 N–H and O–H groups in total. The van der Waals surface area contributed by atoms with Gasteiger partial charge in [0.05, 0.1) is 11.2 Å². The summed E-state index contributed by atoms with van der Waals surface area (Å²) in [6.45, 7) is 4.22. The minimum atomic E-state index is 0.433. The first-order valence-corrected chi connectivity index (χ1v) is 6.20. The van der Waals surface area contributed by atoms with Crippen molar-refractivity contribution in [2.24, 2.45) is 5.92 Å². The van der Waals surface area contributed by atoms with Crippen LogP contribution in [0.25, 0.3) is 10.9 Å². The van der Waals surface area contributed by atoms with Crippen LogP contribution in [-0.2, 0) is 0 Å². The van der Waals surface area contributed by atoms with Crippen molar-refractivity contribution < 1.29 is 0 Å². The van der Waals surface area contributed by atoms with Gasteiger partial charge in [-0.15, -0.1) is 10.2 Å². The maximum absolute atomic E-state index is 9.22. The molecule has 90 valence electrons. The summed E-state index contributed by atoms with van der Waals surface area (Å²) in [6, 6.07) is 10.0. The van der Waals surface area contributed by atoms with E-state index in [1.54, 1.807) is 0 Å². The van der Waals surface area contributed by atoms with Crippen LogP contribution in [0, 0.1) is 17.2 Å². The van der Waals surface area contributed by atoms with Crippen molar-refractivity contribution in [2.45, 2.75) is 13.3 Å². The Morgan fingerprint density at radius 2 is 2.17 bits per heavy atom. The zero-order valence-corrected chi connectivity index (χ0v) is 10.3. The maximum atomic E-state index is 9.22. The molecule has 2 heterocycles. The molecule has 0 saturated carbocycles. The van der Waals surface area contributed by atoms with E-state index >= 15 is 0 Å². The van der Waals surface area contributed by atoms with Crippen molar-refractivity contribution in [1.29, 1.82) is 5.26 Å². The van der Waals surface area contributed by atoms with Gasteiger partial charge in [0.25, 0.3) is 0 Å². The predicted octanol–water partition coefficient (Wildman–Crippen LogP) is 2.35. The highest BCUT2D eigenvalue weighted by atomic mass is 15.2. The molecule has 0 aliphatic carbocycles. The van der Waals surface area contributed by atoms with E-state index in [0.29, 0.717) is 11.6 Å². The lowest BCUT2D eigenvalue weighted by atomic mass is 10.1. The van der Waals surface area contributed by atoms with Crippen molar-refractivity contribution in [1.82, 2.24) is 10.2 Å². The lowest BCUT2D eigenvalue weighted by Crippen LogP contribution is -2.21. The molecule has 1 aromatic heterocycles. The largest absolute Gasteiger partial charge is 0.368 e. The summed E-state index contributed by atoms with van der Waals surface area (Å²) in [5.41, 5.74) is 2.24. The summed E-state index contributed by atoms with van der Waals surface area (Å²) < 4.78 is 0. The lowest BCUT2D eigenvalue weighted by molar-refractivity contribution is 0.659.